The van der Waals surface area contributed by atoms with Crippen molar-refractivity contribution < 1.29 is 47.3 Å². The van der Waals surface area contributed by atoms with Gasteiger partial charge in [0.15, 0.2) is 11.9 Å². The van der Waals surface area contributed by atoms with Crippen LogP contribution in [0.5, 0.6) is 0 Å². The predicted molar refractivity (Wildman–Crippen MR) is 151 cm³/mol. The monoisotopic (exact) mass is 598 g/mol. The molecule has 2 heterocycles. The van der Waals surface area contributed by atoms with Crippen LogP contribution < -0.4 is 0 Å². The number of esters is 4. The Bertz CT molecular complexity index is 1370. The number of furan rings is 1. The fraction of sp³-hybridized carbons (Fsp3) is 0.667. The van der Waals surface area contributed by atoms with Crippen LogP contribution >= 0.6 is 0 Å². The molecule has 7 atom stereocenters. The summed E-state index contributed by atoms with van der Waals surface area (Å²) in [6.07, 6.45) is 3.00. The van der Waals surface area contributed by atoms with Gasteiger partial charge in [0.25, 0.3) is 0 Å². The van der Waals surface area contributed by atoms with E-state index in [1.54, 1.807) is 12.3 Å². The molecule has 0 aromatic carbocycles. The van der Waals surface area contributed by atoms with Gasteiger partial charge in [0.2, 0.25) is 5.60 Å². The maximum atomic E-state index is 15.0. The number of rotatable bonds is 7. The summed E-state index contributed by atoms with van der Waals surface area (Å²) in [6, 6.07) is 1.78. The molecular formula is C33H42O10. The van der Waals surface area contributed by atoms with Crippen molar-refractivity contribution >= 4 is 29.7 Å². The average Bonchev–Trinajstić information content (AvgIpc) is 3.47. The van der Waals surface area contributed by atoms with Gasteiger partial charge in [-0.1, -0.05) is 40.2 Å². The Morgan fingerprint density at radius 3 is 2.42 bits per heavy atom. The van der Waals surface area contributed by atoms with Crippen molar-refractivity contribution in [3.05, 3.63) is 35.3 Å². The van der Waals surface area contributed by atoms with Crippen molar-refractivity contribution in [1.82, 2.24) is 0 Å². The van der Waals surface area contributed by atoms with Gasteiger partial charge in [0.05, 0.1) is 26.1 Å². The van der Waals surface area contributed by atoms with E-state index in [4.69, 9.17) is 23.4 Å². The Kier molecular flexibility index (Phi) is 7.66. The maximum absolute atomic E-state index is 15.0. The number of carbonyl (C=O) groups excluding carboxylic acids is 5. The topological polar surface area (TPSA) is 135 Å². The molecule has 1 aromatic heterocycles. The van der Waals surface area contributed by atoms with Crippen molar-refractivity contribution in [2.45, 2.75) is 104 Å². The molecular weight excluding hydrogens is 556 g/mol. The third-order valence-corrected chi connectivity index (χ3v) is 10.8. The summed E-state index contributed by atoms with van der Waals surface area (Å²) in [7, 11) is 1.30. The van der Waals surface area contributed by atoms with Gasteiger partial charge in [-0.2, -0.15) is 0 Å². The van der Waals surface area contributed by atoms with Crippen LogP contribution in [0.3, 0.4) is 0 Å². The van der Waals surface area contributed by atoms with E-state index in [-0.39, 0.29) is 37.4 Å². The molecule has 1 aliphatic heterocycles. The Balaban J connectivity index is 1.79. The molecule has 4 aliphatic rings. The second kappa shape index (κ2) is 10.6. The molecule has 10 heteroatoms. The van der Waals surface area contributed by atoms with Gasteiger partial charge in [-0.3, -0.25) is 24.0 Å². The highest BCUT2D eigenvalue weighted by atomic mass is 16.6. The maximum Gasteiger partial charge on any atom is 0.310 e. The van der Waals surface area contributed by atoms with Gasteiger partial charge in [0, 0.05) is 48.0 Å². The number of hydrogen-bond donors (Lipinski definition) is 0. The molecule has 0 radical (unpaired) electrons. The highest BCUT2D eigenvalue weighted by Crippen LogP contribution is 2.69. The first kappa shape index (κ1) is 31.0. The summed E-state index contributed by atoms with van der Waals surface area (Å²) < 4.78 is 28.5. The summed E-state index contributed by atoms with van der Waals surface area (Å²) in [5, 5.41) is 0. The fourth-order valence-electron chi connectivity index (χ4n) is 9.03. The Morgan fingerprint density at radius 2 is 1.81 bits per heavy atom. The van der Waals surface area contributed by atoms with Gasteiger partial charge in [-0.15, -0.1) is 0 Å². The first-order valence-corrected chi connectivity index (χ1v) is 15.1. The van der Waals surface area contributed by atoms with Gasteiger partial charge < -0.3 is 23.4 Å². The second-order valence-corrected chi connectivity index (χ2v) is 13.7. The number of ketones is 1. The minimum atomic E-state index is -1.84. The zero-order valence-electron chi connectivity index (χ0n) is 26.1. The molecule has 3 fully saturated rings. The summed E-state index contributed by atoms with van der Waals surface area (Å²) in [5.41, 5.74) is -2.21. The van der Waals surface area contributed by atoms with Crippen LogP contribution in [0, 0.1) is 28.1 Å². The molecule has 10 nitrogen and oxygen atoms in total. The van der Waals surface area contributed by atoms with Crippen molar-refractivity contribution in [2.24, 2.45) is 28.1 Å². The van der Waals surface area contributed by atoms with Gasteiger partial charge in [-0.25, -0.2) is 0 Å². The summed E-state index contributed by atoms with van der Waals surface area (Å²) in [5.74, 6) is -3.43. The van der Waals surface area contributed by atoms with Crippen molar-refractivity contribution in [1.29, 1.82) is 0 Å². The Hall–Kier alpha value is -3.43. The molecule has 1 aromatic rings. The van der Waals surface area contributed by atoms with Gasteiger partial charge >= 0.3 is 23.9 Å². The number of Topliss-reactive ketones (excluding diaryl/α,β-unsaturated/α-hetero) is 1. The molecule has 0 N–H and O–H groups in total. The van der Waals surface area contributed by atoms with Crippen molar-refractivity contribution in [2.75, 3.05) is 7.11 Å². The molecule has 2 bridgehead atoms. The lowest BCUT2D eigenvalue weighted by Crippen LogP contribution is -2.76. The number of ether oxygens (including phenoxy) is 4. The van der Waals surface area contributed by atoms with Crippen molar-refractivity contribution in [3.63, 3.8) is 0 Å². The van der Waals surface area contributed by atoms with E-state index >= 15 is 4.79 Å². The largest absolute Gasteiger partial charge is 0.472 e. The lowest BCUT2D eigenvalue weighted by atomic mass is 9.39. The Labute approximate surface area is 251 Å². The third-order valence-electron chi connectivity index (χ3n) is 10.8. The predicted octanol–water partition coefficient (Wildman–Crippen LogP) is 5.19. The Morgan fingerprint density at radius 1 is 1.09 bits per heavy atom. The van der Waals surface area contributed by atoms with Gasteiger partial charge in [-0.05, 0) is 42.7 Å². The quantitative estimate of drug-likeness (QED) is 0.234. The van der Waals surface area contributed by atoms with Crippen LogP contribution in [-0.2, 0) is 42.9 Å². The summed E-state index contributed by atoms with van der Waals surface area (Å²) in [4.78, 5) is 67.0. The highest BCUT2D eigenvalue weighted by molar-refractivity contribution is 5.99. The lowest BCUT2D eigenvalue weighted by molar-refractivity contribution is -0.244. The van der Waals surface area contributed by atoms with E-state index in [0.29, 0.717) is 19.3 Å². The highest BCUT2D eigenvalue weighted by Gasteiger charge is 2.76. The molecule has 0 unspecified atom stereocenters. The molecule has 3 aliphatic carbocycles. The standard InChI is InChI=1S/C33H42O10/c1-8-9-24(35)43-33-16-20-21(10-12-31(5)22(20)14-26(37)42-27(31)19-11-13-40-17-19)32(6,28(33)38)23(15-25(36)39-7)30(3,4)29(33)41-18(2)34/h11,13,17,21,23,27,29H,8-10,12,14-16H2,1-7H3/t21-,23-,27-,29+,31+,32+,33-/m0/s1. The first-order valence-electron chi connectivity index (χ1n) is 15.1. The second-order valence-electron chi connectivity index (χ2n) is 13.7. The van der Waals surface area contributed by atoms with Gasteiger partial charge in [0.1, 0.15) is 6.10 Å². The minimum Gasteiger partial charge on any atom is -0.472 e. The fourth-order valence-corrected chi connectivity index (χ4v) is 9.03. The molecule has 0 amide bonds. The number of carbonyl (C=O) groups is 5. The van der Waals surface area contributed by atoms with E-state index in [9.17, 15) is 19.2 Å². The molecule has 5 rings (SSSR count). The third kappa shape index (κ3) is 4.54. The summed E-state index contributed by atoms with van der Waals surface area (Å²) >= 11 is 0. The first-order chi connectivity index (χ1) is 20.2. The van der Waals surface area contributed by atoms with Crippen LogP contribution in [0.1, 0.15) is 98.2 Å². The summed E-state index contributed by atoms with van der Waals surface area (Å²) in [6.45, 7) is 10.7. The molecule has 0 spiro atoms. The van der Waals surface area contributed by atoms with E-state index < -0.39 is 63.8 Å². The zero-order chi connectivity index (χ0) is 31.5. The number of fused-ring (bicyclic) bond motifs is 5. The molecule has 1 saturated heterocycles. The van der Waals surface area contributed by atoms with Crippen LogP contribution in [0.4, 0.5) is 0 Å². The number of hydrogen-bond acceptors (Lipinski definition) is 10. The van der Waals surface area contributed by atoms with E-state index in [0.717, 1.165) is 16.7 Å². The smallest absolute Gasteiger partial charge is 0.310 e. The van der Waals surface area contributed by atoms with Crippen LogP contribution in [-0.4, -0.2) is 48.5 Å². The van der Waals surface area contributed by atoms with Crippen molar-refractivity contribution in [3.8, 4) is 0 Å². The van der Waals surface area contributed by atoms with E-state index in [1.807, 2.05) is 27.7 Å². The van der Waals surface area contributed by atoms with Crippen LogP contribution in [0.25, 0.3) is 0 Å². The van der Waals surface area contributed by atoms with Crippen LogP contribution in [0.15, 0.2) is 34.2 Å². The number of cyclic esters (lactones) is 1. The van der Waals surface area contributed by atoms with Crippen LogP contribution in [0.2, 0.25) is 0 Å². The normalized spacial score (nSPS) is 36.2. The number of methoxy groups -OCH3 is 1. The zero-order valence-corrected chi connectivity index (χ0v) is 26.1. The van der Waals surface area contributed by atoms with E-state index in [2.05, 4.69) is 6.92 Å². The molecule has 43 heavy (non-hydrogen) atoms. The molecule has 234 valence electrons. The lowest BCUT2D eigenvalue weighted by Gasteiger charge is -2.66. The SMILES string of the molecule is CCCC(=O)O[C@@]12CC3=C4CC(=O)O[C@@H](c5ccoc5)[C@]4(C)CC[C@@H]3[C@@](C)(C1=O)[C@@H](CC(=O)OC)C(C)(C)[C@H]2OC(C)=O. The average molecular weight is 599 g/mol. The molecule has 2 saturated carbocycles. The minimum absolute atomic E-state index is 0.00975. The van der Waals surface area contributed by atoms with E-state index in [1.165, 1.54) is 20.3 Å².